The van der Waals surface area contributed by atoms with Gasteiger partial charge in [-0.15, -0.1) is 0 Å². The maximum absolute atomic E-state index is 10.9. The van der Waals surface area contributed by atoms with E-state index in [2.05, 4.69) is 5.10 Å². The lowest BCUT2D eigenvalue weighted by Crippen LogP contribution is -1.96. The fourth-order valence-corrected chi connectivity index (χ4v) is 1.75. The van der Waals surface area contributed by atoms with E-state index in [1.54, 1.807) is 23.9 Å². The number of hydrogen-bond donors (Lipinski definition) is 1. The molecule has 0 aliphatic rings. The lowest BCUT2D eigenvalue weighted by atomic mass is 10.1. The summed E-state index contributed by atoms with van der Waals surface area (Å²) in [7, 11) is 1.72. The lowest BCUT2D eigenvalue weighted by molar-refractivity contribution is 0.0699. The first-order valence-electron chi connectivity index (χ1n) is 3.96. The monoisotopic (exact) mass is 210 g/mol. The van der Waals surface area contributed by atoms with Crippen LogP contribution >= 0.6 is 11.6 Å². The van der Waals surface area contributed by atoms with Gasteiger partial charge in [-0.2, -0.15) is 5.10 Å². The second kappa shape index (κ2) is 2.99. The molecule has 5 heteroatoms. The smallest absolute Gasteiger partial charge is 0.336 e. The zero-order chi connectivity index (χ0) is 10.3. The van der Waals surface area contributed by atoms with Crippen molar-refractivity contribution in [2.45, 2.75) is 0 Å². The molecule has 0 atom stereocenters. The van der Waals surface area contributed by atoms with E-state index in [0.717, 1.165) is 5.52 Å². The molecule has 14 heavy (non-hydrogen) atoms. The third kappa shape index (κ3) is 1.15. The Morgan fingerprint density at radius 3 is 2.93 bits per heavy atom. The highest BCUT2D eigenvalue weighted by atomic mass is 35.5. The Balaban J connectivity index is 2.92. The van der Waals surface area contributed by atoms with E-state index in [1.165, 1.54) is 6.07 Å². The van der Waals surface area contributed by atoms with Gasteiger partial charge in [0.25, 0.3) is 0 Å². The Labute approximate surface area is 84.7 Å². The first-order chi connectivity index (χ1) is 6.61. The molecule has 0 spiro atoms. The zero-order valence-electron chi connectivity index (χ0n) is 7.36. The second-order valence-electron chi connectivity index (χ2n) is 2.92. The summed E-state index contributed by atoms with van der Waals surface area (Å²) in [5.74, 6) is -0.995. The van der Waals surface area contributed by atoms with Crippen molar-refractivity contribution in [2.24, 2.45) is 7.05 Å². The second-order valence-corrected chi connectivity index (χ2v) is 3.28. The molecule has 1 aromatic heterocycles. The number of hydrogen-bond acceptors (Lipinski definition) is 2. The van der Waals surface area contributed by atoms with Crippen LogP contribution in [0.5, 0.6) is 0 Å². The molecule has 0 radical (unpaired) electrons. The number of rotatable bonds is 1. The minimum absolute atomic E-state index is 0.181. The Hall–Kier alpha value is -1.55. The Morgan fingerprint density at radius 1 is 1.57 bits per heavy atom. The van der Waals surface area contributed by atoms with Crippen molar-refractivity contribution >= 4 is 28.5 Å². The summed E-state index contributed by atoms with van der Waals surface area (Å²) in [6.45, 7) is 0. The minimum Gasteiger partial charge on any atom is -0.478 e. The first-order valence-corrected chi connectivity index (χ1v) is 4.33. The van der Waals surface area contributed by atoms with Crippen molar-refractivity contribution in [3.05, 3.63) is 28.9 Å². The Morgan fingerprint density at radius 2 is 2.29 bits per heavy atom. The maximum Gasteiger partial charge on any atom is 0.336 e. The van der Waals surface area contributed by atoms with Crippen LogP contribution in [0.25, 0.3) is 10.9 Å². The van der Waals surface area contributed by atoms with Gasteiger partial charge in [0.1, 0.15) is 0 Å². The summed E-state index contributed by atoms with van der Waals surface area (Å²) < 4.78 is 1.56. The molecule has 2 aromatic rings. The van der Waals surface area contributed by atoms with Crippen LogP contribution in [0.1, 0.15) is 10.4 Å². The van der Waals surface area contributed by atoms with Crippen molar-refractivity contribution in [1.29, 1.82) is 0 Å². The van der Waals surface area contributed by atoms with Gasteiger partial charge < -0.3 is 5.11 Å². The fourth-order valence-electron chi connectivity index (χ4n) is 1.44. The molecule has 0 aliphatic heterocycles. The first kappa shape index (κ1) is 9.02. The molecule has 0 aliphatic carbocycles. The number of carbonyl (C=O) groups is 1. The van der Waals surface area contributed by atoms with Crippen LogP contribution in [-0.2, 0) is 7.05 Å². The molecule has 72 valence electrons. The maximum atomic E-state index is 10.9. The molecular weight excluding hydrogens is 204 g/mol. The highest BCUT2D eigenvalue weighted by molar-refractivity contribution is 6.35. The van der Waals surface area contributed by atoms with Crippen molar-refractivity contribution in [2.75, 3.05) is 0 Å². The predicted molar refractivity (Wildman–Crippen MR) is 52.7 cm³/mol. The van der Waals surface area contributed by atoms with E-state index in [0.29, 0.717) is 5.39 Å². The number of aromatic carboxylic acids is 1. The molecule has 0 fully saturated rings. The van der Waals surface area contributed by atoms with Crippen LogP contribution in [0.4, 0.5) is 0 Å². The van der Waals surface area contributed by atoms with E-state index < -0.39 is 5.97 Å². The van der Waals surface area contributed by atoms with E-state index >= 15 is 0 Å². The molecule has 1 aromatic carbocycles. The quantitative estimate of drug-likeness (QED) is 0.783. The van der Waals surface area contributed by atoms with E-state index in [1.807, 2.05) is 0 Å². The van der Waals surface area contributed by atoms with Crippen LogP contribution < -0.4 is 0 Å². The molecular formula is C9H7ClN2O2. The number of nitrogens with zero attached hydrogens (tertiary/aromatic N) is 2. The SMILES string of the molecule is Cn1nc(Cl)c2c(C(=O)O)cccc21. The summed E-state index contributed by atoms with van der Waals surface area (Å²) in [6, 6.07) is 4.96. The topological polar surface area (TPSA) is 55.1 Å². The summed E-state index contributed by atoms with van der Waals surface area (Å²) in [4.78, 5) is 10.9. The molecule has 2 rings (SSSR count). The van der Waals surface area contributed by atoms with Gasteiger partial charge in [-0.05, 0) is 12.1 Å². The number of carboxylic acids is 1. The predicted octanol–water partition coefficient (Wildman–Crippen LogP) is 1.92. The van der Waals surface area contributed by atoms with Crippen LogP contribution in [-0.4, -0.2) is 20.9 Å². The molecule has 1 N–H and O–H groups in total. The van der Waals surface area contributed by atoms with Crippen LogP contribution in [0.2, 0.25) is 5.15 Å². The van der Waals surface area contributed by atoms with Crippen LogP contribution in [0.15, 0.2) is 18.2 Å². The van der Waals surface area contributed by atoms with Gasteiger partial charge in [0.2, 0.25) is 0 Å². The molecule has 0 bridgehead atoms. The van der Waals surface area contributed by atoms with Gasteiger partial charge in [-0.25, -0.2) is 4.79 Å². The molecule has 1 heterocycles. The molecule has 0 saturated heterocycles. The Kier molecular flexibility index (Phi) is 1.93. The van der Waals surface area contributed by atoms with Gasteiger partial charge >= 0.3 is 5.97 Å². The molecule has 0 amide bonds. The molecule has 0 unspecified atom stereocenters. The normalized spacial score (nSPS) is 10.7. The number of benzene rings is 1. The van der Waals surface area contributed by atoms with Gasteiger partial charge in [0.05, 0.1) is 16.5 Å². The van der Waals surface area contributed by atoms with Gasteiger partial charge in [-0.1, -0.05) is 17.7 Å². The Bertz CT molecular complexity index is 519. The van der Waals surface area contributed by atoms with E-state index in [9.17, 15) is 4.79 Å². The molecule has 0 saturated carbocycles. The summed E-state index contributed by atoms with van der Waals surface area (Å²) >= 11 is 5.83. The van der Waals surface area contributed by atoms with Crippen molar-refractivity contribution < 1.29 is 9.90 Å². The highest BCUT2D eigenvalue weighted by Gasteiger charge is 2.14. The minimum atomic E-state index is -0.995. The lowest BCUT2D eigenvalue weighted by Gasteiger charge is -1.97. The van der Waals surface area contributed by atoms with E-state index in [4.69, 9.17) is 16.7 Å². The van der Waals surface area contributed by atoms with Gasteiger partial charge in [-0.3, -0.25) is 4.68 Å². The van der Waals surface area contributed by atoms with Gasteiger partial charge in [0, 0.05) is 7.05 Å². The summed E-state index contributed by atoms with van der Waals surface area (Å²) in [5.41, 5.74) is 0.899. The van der Waals surface area contributed by atoms with E-state index in [-0.39, 0.29) is 10.7 Å². The number of aromatic nitrogens is 2. The standard InChI is InChI=1S/C9H7ClN2O2/c1-12-6-4-2-3-5(9(13)14)7(6)8(10)11-12/h2-4H,1H3,(H,13,14). The number of fused-ring (bicyclic) bond motifs is 1. The van der Waals surface area contributed by atoms with Crippen LogP contribution in [0, 0.1) is 0 Å². The number of halogens is 1. The average Bonchev–Trinajstić information content (AvgIpc) is 2.43. The zero-order valence-corrected chi connectivity index (χ0v) is 8.12. The summed E-state index contributed by atoms with van der Waals surface area (Å²) in [6.07, 6.45) is 0. The van der Waals surface area contributed by atoms with Crippen molar-refractivity contribution in [3.8, 4) is 0 Å². The van der Waals surface area contributed by atoms with Gasteiger partial charge in [0.15, 0.2) is 5.15 Å². The largest absolute Gasteiger partial charge is 0.478 e. The third-order valence-electron chi connectivity index (χ3n) is 2.07. The number of carboxylic acid groups (broad SMARTS) is 1. The number of aryl methyl sites for hydroxylation is 1. The molecule has 4 nitrogen and oxygen atoms in total. The average molecular weight is 211 g/mol. The fraction of sp³-hybridized carbons (Fsp3) is 0.111. The third-order valence-corrected chi connectivity index (χ3v) is 2.33. The van der Waals surface area contributed by atoms with Crippen LogP contribution in [0.3, 0.4) is 0 Å². The van der Waals surface area contributed by atoms with Crippen molar-refractivity contribution in [3.63, 3.8) is 0 Å². The van der Waals surface area contributed by atoms with Crippen molar-refractivity contribution in [1.82, 2.24) is 9.78 Å². The summed E-state index contributed by atoms with van der Waals surface area (Å²) in [5, 5.41) is 13.6. The highest BCUT2D eigenvalue weighted by Crippen LogP contribution is 2.25.